The zero-order valence-electron chi connectivity index (χ0n) is 12.4. The number of imidazole rings is 1. The van der Waals surface area contributed by atoms with E-state index >= 15 is 0 Å². The van der Waals surface area contributed by atoms with Gasteiger partial charge in [-0.25, -0.2) is 4.98 Å². The lowest BCUT2D eigenvalue weighted by atomic mass is 10.1. The van der Waals surface area contributed by atoms with Gasteiger partial charge in [-0.2, -0.15) is 0 Å². The van der Waals surface area contributed by atoms with Crippen LogP contribution in [0.1, 0.15) is 11.4 Å². The number of hydrogen-bond donors (Lipinski definition) is 1. The molecule has 0 saturated heterocycles. The SMILES string of the molecule is Cc1cccc2nc(-c3ccc([N+](=O)[O-])cc3)c(CC(N)=S)n12. The number of thiocarbonyl (C=S) groups is 1. The number of aromatic nitrogens is 2. The topological polar surface area (TPSA) is 86.5 Å². The minimum atomic E-state index is -0.423. The number of benzene rings is 1. The number of rotatable bonds is 4. The number of aryl methyl sites for hydroxylation is 1. The zero-order valence-corrected chi connectivity index (χ0v) is 13.2. The van der Waals surface area contributed by atoms with Gasteiger partial charge in [-0.3, -0.25) is 10.1 Å². The van der Waals surface area contributed by atoms with Gasteiger partial charge in [-0.1, -0.05) is 18.3 Å². The van der Waals surface area contributed by atoms with Gasteiger partial charge in [0.25, 0.3) is 5.69 Å². The summed E-state index contributed by atoms with van der Waals surface area (Å²) in [7, 11) is 0. The first kappa shape index (κ1) is 15.1. The monoisotopic (exact) mass is 326 g/mol. The maximum Gasteiger partial charge on any atom is 0.269 e. The standard InChI is InChI=1S/C16H14N4O2S/c1-10-3-2-4-15-18-16(13(19(10)15)9-14(17)23)11-5-7-12(8-6-11)20(21)22/h2-8H,9H2,1H3,(H2,17,23). The van der Waals surface area contributed by atoms with Crippen molar-refractivity contribution in [3.05, 3.63) is 64.0 Å². The van der Waals surface area contributed by atoms with Crippen LogP contribution in [0.25, 0.3) is 16.9 Å². The van der Waals surface area contributed by atoms with Crippen molar-refractivity contribution in [2.24, 2.45) is 5.73 Å². The normalized spacial score (nSPS) is 10.8. The lowest BCUT2D eigenvalue weighted by Crippen LogP contribution is -2.13. The summed E-state index contributed by atoms with van der Waals surface area (Å²) in [5.41, 5.74) is 10.0. The van der Waals surface area contributed by atoms with Crippen molar-refractivity contribution in [1.29, 1.82) is 0 Å². The smallest absolute Gasteiger partial charge is 0.269 e. The minimum absolute atomic E-state index is 0.0459. The molecule has 0 saturated carbocycles. The Morgan fingerprint density at radius 2 is 2.00 bits per heavy atom. The molecule has 2 aromatic heterocycles. The van der Waals surface area contributed by atoms with Crippen molar-refractivity contribution >= 4 is 28.5 Å². The zero-order chi connectivity index (χ0) is 16.6. The minimum Gasteiger partial charge on any atom is -0.393 e. The van der Waals surface area contributed by atoms with E-state index in [2.05, 4.69) is 4.98 Å². The summed E-state index contributed by atoms with van der Waals surface area (Å²) in [6.07, 6.45) is 0.410. The number of nitrogens with zero attached hydrogens (tertiary/aromatic N) is 3. The highest BCUT2D eigenvalue weighted by atomic mass is 32.1. The maximum atomic E-state index is 10.8. The van der Waals surface area contributed by atoms with Crippen LogP contribution < -0.4 is 5.73 Å². The largest absolute Gasteiger partial charge is 0.393 e. The number of nitrogens with two attached hydrogens (primary N) is 1. The molecule has 0 atom stereocenters. The average Bonchev–Trinajstić information content (AvgIpc) is 2.86. The summed E-state index contributed by atoms with van der Waals surface area (Å²) in [5, 5.41) is 10.8. The molecule has 0 fully saturated rings. The molecule has 6 nitrogen and oxygen atoms in total. The van der Waals surface area contributed by atoms with E-state index in [0.717, 1.165) is 28.3 Å². The molecule has 0 bridgehead atoms. The molecule has 0 aliphatic heterocycles. The lowest BCUT2D eigenvalue weighted by Gasteiger charge is -2.07. The van der Waals surface area contributed by atoms with Gasteiger partial charge in [0.1, 0.15) is 5.65 Å². The van der Waals surface area contributed by atoms with Gasteiger partial charge in [0.2, 0.25) is 0 Å². The summed E-state index contributed by atoms with van der Waals surface area (Å²) in [5.74, 6) is 0. The van der Waals surface area contributed by atoms with E-state index in [1.54, 1.807) is 12.1 Å². The maximum absolute atomic E-state index is 10.8. The highest BCUT2D eigenvalue weighted by molar-refractivity contribution is 7.80. The first-order valence-electron chi connectivity index (χ1n) is 6.97. The van der Waals surface area contributed by atoms with Crippen LogP contribution in [0.15, 0.2) is 42.5 Å². The van der Waals surface area contributed by atoms with E-state index in [9.17, 15) is 10.1 Å². The molecular weight excluding hydrogens is 312 g/mol. The van der Waals surface area contributed by atoms with E-state index in [0.29, 0.717) is 11.4 Å². The highest BCUT2D eigenvalue weighted by Crippen LogP contribution is 2.27. The summed E-state index contributed by atoms with van der Waals surface area (Å²) in [6.45, 7) is 1.98. The fourth-order valence-electron chi connectivity index (χ4n) is 2.63. The van der Waals surface area contributed by atoms with Crippen molar-refractivity contribution in [3.63, 3.8) is 0 Å². The fraction of sp³-hybridized carbons (Fsp3) is 0.125. The molecule has 7 heteroatoms. The second kappa shape index (κ2) is 5.77. The molecule has 0 amide bonds. The summed E-state index contributed by atoms with van der Waals surface area (Å²) < 4.78 is 2.01. The van der Waals surface area contributed by atoms with E-state index in [-0.39, 0.29) is 5.69 Å². The fourth-order valence-corrected chi connectivity index (χ4v) is 2.76. The van der Waals surface area contributed by atoms with Crippen molar-refractivity contribution < 1.29 is 4.92 Å². The van der Waals surface area contributed by atoms with Gasteiger partial charge >= 0.3 is 0 Å². The van der Waals surface area contributed by atoms with E-state index in [1.807, 2.05) is 29.5 Å². The van der Waals surface area contributed by atoms with E-state index < -0.39 is 4.92 Å². The quantitative estimate of drug-likeness (QED) is 0.452. The molecule has 0 aliphatic rings. The van der Waals surface area contributed by atoms with Gasteiger partial charge in [0.05, 0.1) is 21.3 Å². The Balaban J connectivity index is 2.21. The van der Waals surface area contributed by atoms with Crippen LogP contribution in [0, 0.1) is 17.0 Å². The molecule has 0 aliphatic carbocycles. The molecule has 2 N–H and O–H groups in total. The van der Waals surface area contributed by atoms with Crippen molar-refractivity contribution in [3.8, 4) is 11.3 Å². The molecule has 23 heavy (non-hydrogen) atoms. The Hall–Kier alpha value is -2.80. The second-order valence-electron chi connectivity index (χ2n) is 5.21. The predicted molar refractivity (Wildman–Crippen MR) is 92.5 cm³/mol. The first-order chi connectivity index (χ1) is 11.0. The Morgan fingerprint density at radius 3 is 2.61 bits per heavy atom. The Morgan fingerprint density at radius 1 is 1.30 bits per heavy atom. The van der Waals surface area contributed by atoms with Crippen LogP contribution in [0.4, 0.5) is 5.69 Å². The van der Waals surface area contributed by atoms with Crippen LogP contribution in [0.2, 0.25) is 0 Å². The number of nitro benzene ring substituents is 1. The summed E-state index contributed by atoms with van der Waals surface area (Å²) in [6, 6.07) is 12.1. The molecular formula is C16H14N4O2S. The average molecular weight is 326 g/mol. The lowest BCUT2D eigenvalue weighted by molar-refractivity contribution is -0.384. The Labute approximate surface area is 137 Å². The number of pyridine rings is 1. The van der Waals surface area contributed by atoms with Gasteiger partial charge in [0, 0.05) is 29.8 Å². The second-order valence-corrected chi connectivity index (χ2v) is 5.74. The number of nitro groups is 1. The molecule has 3 rings (SSSR count). The van der Waals surface area contributed by atoms with Crippen LogP contribution >= 0.6 is 12.2 Å². The van der Waals surface area contributed by atoms with Crippen molar-refractivity contribution in [2.75, 3.05) is 0 Å². The predicted octanol–water partition coefficient (Wildman–Crippen LogP) is 3.05. The summed E-state index contributed by atoms with van der Waals surface area (Å²) >= 11 is 5.06. The molecule has 0 radical (unpaired) electrons. The van der Waals surface area contributed by atoms with Crippen LogP contribution in [0.5, 0.6) is 0 Å². The summed E-state index contributed by atoms with van der Waals surface area (Å²) in [4.78, 5) is 15.4. The van der Waals surface area contributed by atoms with Crippen LogP contribution in [-0.2, 0) is 6.42 Å². The molecule has 1 aromatic carbocycles. The molecule has 3 aromatic rings. The van der Waals surface area contributed by atoms with Gasteiger partial charge < -0.3 is 10.1 Å². The highest BCUT2D eigenvalue weighted by Gasteiger charge is 2.16. The van der Waals surface area contributed by atoms with Gasteiger partial charge in [-0.15, -0.1) is 0 Å². The number of fused-ring (bicyclic) bond motifs is 1. The molecule has 0 spiro atoms. The number of hydrogen-bond acceptors (Lipinski definition) is 4. The van der Waals surface area contributed by atoms with E-state index in [1.165, 1.54) is 12.1 Å². The third kappa shape index (κ3) is 2.78. The Kier molecular flexibility index (Phi) is 3.79. The van der Waals surface area contributed by atoms with Crippen molar-refractivity contribution in [1.82, 2.24) is 9.38 Å². The Bertz CT molecular complexity index is 916. The van der Waals surface area contributed by atoms with Gasteiger partial charge in [0.15, 0.2) is 0 Å². The molecule has 2 heterocycles. The van der Waals surface area contributed by atoms with Crippen LogP contribution in [0.3, 0.4) is 0 Å². The first-order valence-corrected chi connectivity index (χ1v) is 7.38. The van der Waals surface area contributed by atoms with Crippen molar-refractivity contribution in [2.45, 2.75) is 13.3 Å². The van der Waals surface area contributed by atoms with Crippen LogP contribution in [-0.4, -0.2) is 19.3 Å². The molecule has 116 valence electrons. The van der Waals surface area contributed by atoms with Gasteiger partial charge in [-0.05, 0) is 31.2 Å². The third-order valence-corrected chi connectivity index (χ3v) is 3.77. The number of non-ortho nitro benzene ring substituents is 1. The third-order valence-electron chi connectivity index (χ3n) is 3.63. The van der Waals surface area contributed by atoms with E-state index in [4.69, 9.17) is 18.0 Å². The molecule has 0 unspecified atom stereocenters.